The molecular formula is C25H22N4OS. The van der Waals surface area contributed by atoms with Crippen molar-refractivity contribution in [2.24, 2.45) is 5.10 Å². The summed E-state index contributed by atoms with van der Waals surface area (Å²) in [6.45, 7) is 1.88. The smallest absolute Gasteiger partial charge is 0.242 e. The first-order chi connectivity index (χ1) is 15.2. The first-order valence-corrected chi connectivity index (χ1v) is 11.3. The topological polar surface area (TPSA) is 50.5 Å². The largest absolute Gasteiger partial charge is 0.273 e. The van der Waals surface area contributed by atoms with Gasteiger partial charge in [0, 0.05) is 35.7 Å². The van der Waals surface area contributed by atoms with Crippen molar-refractivity contribution in [2.75, 3.05) is 0 Å². The molecule has 3 heterocycles. The predicted octanol–water partition coefficient (Wildman–Crippen LogP) is 5.69. The Morgan fingerprint density at radius 3 is 2.45 bits per heavy atom. The highest BCUT2D eigenvalue weighted by atomic mass is 32.1. The van der Waals surface area contributed by atoms with Gasteiger partial charge >= 0.3 is 0 Å². The van der Waals surface area contributed by atoms with Crippen LogP contribution in [-0.4, -0.2) is 26.4 Å². The van der Waals surface area contributed by atoms with Crippen molar-refractivity contribution in [3.05, 3.63) is 94.8 Å². The minimum atomic E-state index is -0.185. The van der Waals surface area contributed by atoms with Gasteiger partial charge in [-0.15, -0.1) is 0 Å². The number of thiophene rings is 1. The normalized spacial score (nSPS) is 15.8. The summed E-state index contributed by atoms with van der Waals surface area (Å²) in [7, 11) is 0. The van der Waals surface area contributed by atoms with Crippen LogP contribution in [0.5, 0.6) is 0 Å². The molecule has 0 saturated carbocycles. The number of benzene rings is 2. The number of carbonyl (C=O) groups is 1. The van der Waals surface area contributed by atoms with Gasteiger partial charge in [0.25, 0.3) is 0 Å². The van der Waals surface area contributed by atoms with Gasteiger partial charge < -0.3 is 0 Å². The molecule has 2 aromatic carbocycles. The van der Waals surface area contributed by atoms with Gasteiger partial charge in [0.2, 0.25) is 5.91 Å². The number of hydrogen-bond acceptors (Lipinski definition) is 4. The van der Waals surface area contributed by atoms with E-state index in [-0.39, 0.29) is 11.9 Å². The highest BCUT2D eigenvalue weighted by Gasteiger charge is 2.35. The number of carbonyl (C=O) groups excluding carboxylic acids is 1. The molecule has 154 valence electrons. The van der Waals surface area contributed by atoms with Crippen molar-refractivity contribution in [1.82, 2.24) is 14.8 Å². The van der Waals surface area contributed by atoms with E-state index in [4.69, 9.17) is 10.2 Å². The molecule has 1 aliphatic heterocycles. The van der Waals surface area contributed by atoms with Gasteiger partial charge in [-0.05, 0) is 29.0 Å². The lowest BCUT2D eigenvalue weighted by molar-refractivity contribution is -0.132. The maximum Gasteiger partial charge on any atom is 0.242 e. The number of hydrogen-bond donors (Lipinski definition) is 0. The summed E-state index contributed by atoms with van der Waals surface area (Å²) in [5.74, 6) is 0.0155. The van der Waals surface area contributed by atoms with Crippen molar-refractivity contribution >= 4 is 23.0 Å². The molecule has 6 heteroatoms. The molecule has 31 heavy (non-hydrogen) atoms. The van der Waals surface area contributed by atoms with Crippen LogP contribution in [0.25, 0.3) is 16.9 Å². The molecule has 0 unspecified atom stereocenters. The third-order valence-electron chi connectivity index (χ3n) is 5.49. The van der Waals surface area contributed by atoms with Crippen LogP contribution < -0.4 is 0 Å². The Morgan fingerprint density at radius 2 is 1.77 bits per heavy atom. The molecule has 5 rings (SSSR count). The quantitative estimate of drug-likeness (QED) is 0.412. The van der Waals surface area contributed by atoms with Crippen LogP contribution in [0.15, 0.2) is 88.8 Å². The number of hydrazone groups is 1. The van der Waals surface area contributed by atoms with Gasteiger partial charge in [-0.1, -0.05) is 55.5 Å². The van der Waals surface area contributed by atoms with Gasteiger partial charge in [0.05, 0.1) is 23.1 Å². The lowest BCUT2D eigenvalue weighted by Crippen LogP contribution is -2.26. The van der Waals surface area contributed by atoms with Crippen molar-refractivity contribution in [1.29, 1.82) is 0 Å². The molecule has 1 atom stereocenters. The van der Waals surface area contributed by atoms with E-state index in [1.165, 1.54) is 0 Å². The highest BCUT2D eigenvalue weighted by molar-refractivity contribution is 7.08. The average molecular weight is 427 g/mol. The molecule has 4 aromatic rings. The average Bonchev–Trinajstić information content (AvgIpc) is 3.58. The molecule has 0 bridgehead atoms. The summed E-state index contributed by atoms with van der Waals surface area (Å²) in [4.78, 5) is 12.8. The monoisotopic (exact) mass is 426 g/mol. The van der Waals surface area contributed by atoms with Gasteiger partial charge in [0.15, 0.2) is 0 Å². The van der Waals surface area contributed by atoms with Crippen LogP contribution in [0.1, 0.15) is 36.9 Å². The summed E-state index contributed by atoms with van der Waals surface area (Å²) < 4.78 is 1.90. The van der Waals surface area contributed by atoms with Crippen molar-refractivity contribution < 1.29 is 4.79 Å². The third-order valence-corrected chi connectivity index (χ3v) is 6.18. The fraction of sp³-hybridized carbons (Fsp3) is 0.160. The Morgan fingerprint density at radius 1 is 1.03 bits per heavy atom. The lowest BCUT2D eigenvalue weighted by atomic mass is 9.97. The zero-order valence-electron chi connectivity index (χ0n) is 17.2. The van der Waals surface area contributed by atoms with Gasteiger partial charge in [-0.25, -0.2) is 9.69 Å². The van der Waals surface area contributed by atoms with Gasteiger partial charge in [0.1, 0.15) is 0 Å². The minimum Gasteiger partial charge on any atom is -0.273 e. The number of amides is 1. The van der Waals surface area contributed by atoms with E-state index >= 15 is 0 Å². The molecule has 1 aliphatic rings. The molecule has 1 amide bonds. The second-order valence-electron chi connectivity index (χ2n) is 7.45. The fourth-order valence-corrected chi connectivity index (χ4v) is 4.58. The summed E-state index contributed by atoms with van der Waals surface area (Å²) >= 11 is 1.64. The molecule has 0 fully saturated rings. The molecule has 0 N–H and O–H groups in total. The molecule has 0 spiro atoms. The molecular weight excluding hydrogens is 404 g/mol. The molecule has 0 saturated heterocycles. The molecule has 0 radical (unpaired) electrons. The van der Waals surface area contributed by atoms with Crippen LogP contribution in [0.2, 0.25) is 0 Å². The van der Waals surface area contributed by atoms with Crippen LogP contribution in [0.4, 0.5) is 0 Å². The van der Waals surface area contributed by atoms with E-state index in [1.54, 1.807) is 16.3 Å². The Balaban J connectivity index is 1.62. The Labute approximate surface area is 185 Å². The van der Waals surface area contributed by atoms with E-state index < -0.39 is 0 Å². The highest BCUT2D eigenvalue weighted by Crippen LogP contribution is 2.38. The summed E-state index contributed by atoms with van der Waals surface area (Å²) in [5, 5.41) is 15.5. The zero-order chi connectivity index (χ0) is 21.2. The van der Waals surface area contributed by atoms with Crippen molar-refractivity contribution in [3.63, 3.8) is 0 Å². The van der Waals surface area contributed by atoms with Crippen LogP contribution in [0, 0.1) is 0 Å². The maximum absolute atomic E-state index is 12.8. The first-order valence-electron chi connectivity index (χ1n) is 10.4. The Kier molecular flexibility index (Phi) is 5.22. The number of rotatable bonds is 5. The van der Waals surface area contributed by atoms with Crippen molar-refractivity contribution in [2.45, 2.75) is 25.8 Å². The van der Waals surface area contributed by atoms with E-state index in [0.717, 1.165) is 33.8 Å². The fourth-order valence-electron chi connectivity index (χ4n) is 3.91. The molecule has 2 aromatic heterocycles. The third kappa shape index (κ3) is 3.70. The van der Waals surface area contributed by atoms with E-state index in [2.05, 4.69) is 23.6 Å². The maximum atomic E-state index is 12.8. The van der Waals surface area contributed by atoms with E-state index in [1.807, 2.05) is 71.7 Å². The number of aromatic nitrogens is 2. The summed E-state index contributed by atoms with van der Waals surface area (Å²) in [6.07, 6.45) is 3.12. The SMILES string of the molecule is CCC(=O)N1N=C(c2ccsc2)C[C@@H]1c1cn(-c2ccccc2)nc1-c1ccccc1. The lowest BCUT2D eigenvalue weighted by Gasteiger charge is -2.21. The Hall–Kier alpha value is -3.51. The minimum absolute atomic E-state index is 0.0155. The van der Waals surface area contributed by atoms with E-state index in [9.17, 15) is 4.79 Å². The number of para-hydroxylation sites is 1. The van der Waals surface area contributed by atoms with Crippen LogP contribution >= 0.6 is 11.3 Å². The second-order valence-corrected chi connectivity index (χ2v) is 8.23. The molecule has 5 nitrogen and oxygen atoms in total. The van der Waals surface area contributed by atoms with Crippen LogP contribution in [-0.2, 0) is 4.79 Å². The zero-order valence-corrected chi connectivity index (χ0v) is 18.0. The second kappa shape index (κ2) is 8.32. The van der Waals surface area contributed by atoms with Gasteiger partial charge in [-0.2, -0.15) is 21.5 Å². The van der Waals surface area contributed by atoms with E-state index in [0.29, 0.717) is 12.8 Å². The van der Waals surface area contributed by atoms with Gasteiger partial charge in [-0.3, -0.25) is 4.79 Å². The predicted molar refractivity (Wildman–Crippen MR) is 124 cm³/mol. The van der Waals surface area contributed by atoms with Crippen LogP contribution in [0.3, 0.4) is 0 Å². The number of nitrogens with zero attached hydrogens (tertiary/aromatic N) is 4. The first kappa shape index (κ1) is 19.5. The van der Waals surface area contributed by atoms with Crippen molar-refractivity contribution in [3.8, 4) is 16.9 Å². The summed E-state index contributed by atoms with van der Waals surface area (Å²) in [6, 6.07) is 22.1. The Bertz CT molecular complexity index is 1210. The molecule has 0 aliphatic carbocycles. The standard InChI is InChI=1S/C25H22N4OS/c1-2-24(30)29-23(15-22(26-29)19-13-14-31-17-19)21-16-28(20-11-7-4-8-12-20)27-25(21)18-9-5-3-6-10-18/h3-14,16-17,23H,2,15H2,1H3/t23-/m1/s1. The summed E-state index contributed by atoms with van der Waals surface area (Å²) in [5.41, 5.74) is 5.92.